The Kier molecular flexibility index (Phi) is 8.07. The van der Waals surface area contributed by atoms with Gasteiger partial charge in [0.05, 0.1) is 5.92 Å². The summed E-state index contributed by atoms with van der Waals surface area (Å²) in [5.41, 5.74) is 0. The van der Waals surface area contributed by atoms with Crippen LogP contribution in [0.25, 0.3) is 0 Å². The van der Waals surface area contributed by atoms with Gasteiger partial charge in [0.25, 0.3) is 0 Å². The van der Waals surface area contributed by atoms with E-state index in [0.717, 1.165) is 32.2 Å². The number of nitrogens with one attached hydrogen (secondary N) is 1. The first-order chi connectivity index (χ1) is 9.92. The van der Waals surface area contributed by atoms with Gasteiger partial charge in [-0.2, -0.15) is 13.2 Å². The third kappa shape index (κ3) is 6.17. The molecule has 1 fully saturated rings. The maximum atomic E-state index is 12.8. The van der Waals surface area contributed by atoms with Crippen LogP contribution in [-0.2, 0) is 0 Å². The normalized spacial score (nSPS) is 25.3. The molecule has 1 aliphatic carbocycles. The lowest BCUT2D eigenvalue weighted by molar-refractivity contribution is -0.184. The molecule has 0 aromatic heterocycles. The molecule has 1 unspecified atom stereocenters. The van der Waals surface area contributed by atoms with Crippen LogP contribution in [0, 0.1) is 17.8 Å². The molecular formula is C17H32F3N. The largest absolute Gasteiger partial charge is 0.391 e. The number of halogens is 3. The van der Waals surface area contributed by atoms with Gasteiger partial charge in [-0.15, -0.1) is 0 Å². The molecule has 21 heavy (non-hydrogen) atoms. The summed E-state index contributed by atoms with van der Waals surface area (Å²) in [7, 11) is 0. The van der Waals surface area contributed by atoms with Crippen molar-refractivity contribution in [2.24, 2.45) is 17.8 Å². The van der Waals surface area contributed by atoms with Gasteiger partial charge in [0.15, 0.2) is 0 Å². The van der Waals surface area contributed by atoms with E-state index in [4.69, 9.17) is 0 Å². The van der Waals surface area contributed by atoms with E-state index in [1.54, 1.807) is 0 Å². The van der Waals surface area contributed by atoms with Crippen molar-refractivity contribution >= 4 is 0 Å². The second kappa shape index (κ2) is 9.02. The average Bonchev–Trinajstić information content (AvgIpc) is 2.47. The molecule has 0 aromatic carbocycles. The molecule has 0 spiro atoms. The first kappa shape index (κ1) is 18.8. The van der Waals surface area contributed by atoms with E-state index in [-0.39, 0.29) is 0 Å². The summed E-state index contributed by atoms with van der Waals surface area (Å²) in [6.07, 6.45) is 2.63. The van der Waals surface area contributed by atoms with Crippen molar-refractivity contribution in [2.45, 2.75) is 84.4 Å². The highest BCUT2D eigenvalue weighted by Gasteiger charge is 2.42. The van der Waals surface area contributed by atoms with E-state index in [0.29, 0.717) is 30.7 Å². The fourth-order valence-electron chi connectivity index (χ4n) is 3.60. The lowest BCUT2D eigenvalue weighted by Gasteiger charge is -2.36. The number of rotatable bonds is 8. The molecule has 1 atom stereocenters. The molecule has 0 heterocycles. The third-order valence-electron chi connectivity index (χ3n) is 5.20. The van der Waals surface area contributed by atoms with E-state index < -0.39 is 12.1 Å². The van der Waals surface area contributed by atoms with Gasteiger partial charge in [-0.25, -0.2) is 0 Å². The van der Waals surface area contributed by atoms with E-state index >= 15 is 0 Å². The highest BCUT2D eigenvalue weighted by atomic mass is 19.4. The summed E-state index contributed by atoms with van der Waals surface area (Å²) in [5, 5.41) is 3.61. The van der Waals surface area contributed by atoms with Gasteiger partial charge >= 0.3 is 6.18 Å². The van der Waals surface area contributed by atoms with Crippen molar-refractivity contribution < 1.29 is 13.2 Å². The fraction of sp³-hybridized carbons (Fsp3) is 1.00. The Morgan fingerprint density at radius 1 is 1.00 bits per heavy atom. The van der Waals surface area contributed by atoms with E-state index in [2.05, 4.69) is 26.1 Å². The highest BCUT2D eigenvalue weighted by molar-refractivity contribution is 4.85. The Morgan fingerprint density at radius 3 is 2.00 bits per heavy atom. The van der Waals surface area contributed by atoms with Gasteiger partial charge in [-0.3, -0.25) is 0 Å². The van der Waals surface area contributed by atoms with Crippen molar-refractivity contribution in [3.8, 4) is 0 Å². The van der Waals surface area contributed by atoms with Crippen LogP contribution in [0.4, 0.5) is 13.2 Å². The molecule has 0 bridgehead atoms. The predicted octanol–water partition coefficient (Wildman–Crippen LogP) is 5.55. The monoisotopic (exact) mass is 307 g/mol. The molecule has 0 saturated heterocycles. The van der Waals surface area contributed by atoms with Crippen LogP contribution in [-0.4, -0.2) is 18.8 Å². The molecule has 0 aliphatic heterocycles. The summed E-state index contributed by atoms with van der Waals surface area (Å²) >= 11 is 0. The number of hydrogen-bond donors (Lipinski definition) is 1. The number of hydrogen-bond acceptors (Lipinski definition) is 1. The minimum absolute atomic E-state index is 0.321. The molecule has 0 radical (unpaired) electrons. The zero-order valence-corrected chi connectivity index (χ0v) is 13.8. The Labute approximate surface area is 128 Å². The predicted molar refractivity (Wildman–Crippen MR) is 82.3 cm³/mol. The fourth-order valence-corrected chi connectivity index (χ4v) is 3.60. The Morgan fingerprint density at radius 2 is 1.57 bits per heavy atom. The van der Waals surface area contributed by atoms with Crippen molar-refractivity contribution in [3.63, 3.8) is 0 Å². The molecule has 1 saturated carbocycles. The van der Waals surface area contributed by atoms with Crippen molar-refractivity contribution in [2.75, 3.05) is 6.54 Å². The molecule has 1 nitrogen and oxygen atoms in total. The Balaban J connectivity index is 2.55. The molecule has 1 N–H and O–H groups in total. The minimum atomic E-state index is -3.99. The van der Waals surface area contributed by atoms with Gasteiger partial charge in [0.2, 0.25) is 0 Å². The van der Waals surface area contributed by atoms with Crippen molar-refractivity contribution in [1.29, 1.82) is 0 Å². The lowest BCUT2D eigenvalue weighted by atomic mass is 9.75. The summed E-state index contributed by atoms with van der Waals surface area (Å²) in [6.45, 7) is 7.54. The van der Waals surface area contributed by atoms with Gasteiger partial charge in [-0.05, 0) is 56.9 Å². The van der Waals surface area contributed by atoms with Crippen LogP contribution >= 0.6 is 0 Å². The maximum absolute atomic E-state index is 12.8. The summed E-state index contributed by atoms with van der Waals surface area (Å²) < 4.78 is 38.3. The van der Waals surface area contributed by atoms with Crippen LogP contribution < -0.4 is 5.32 Å². The van der Waals surface area contributed by atoms with E-state index in [1.807, 2.05) is 0 Å². The van der Waals surface area contributed by atoms with E-state index in [1.165, 1.54) is 12.8 Å². The first-order valence-electron chi connectivity index (χ1n) is 8.72. The quantitative estimate of drug-likeness (QED) is 0.620. The van der Waals surface area contributed by atoms with Crippen LogP contribution in [0.3, 0.4) is 0 Å². The van der Waals surface area contributed by atoms with Crippen molar-refractivity contribution in [3.05, 3.63) is 0 Å². The summed E-state index contributed by atoms with van der Waals surface area (Å²) in [6, 6.07) is 0.407. The van der Waals surface area contributed by atoms with Gasteiger partial charge in [0.1, 0.15) is 0 Å². The van der Waals surface area contributed by atoms with E-state index in [9.17, 15) is 13.2 Å². The molecule has 1 rings (SSSR count). The molecule has 4 heteroatoms. The Bertz CT molecular complexity index is 266. The van der Waals surface area contributed by atoms with Crippen LogP contribution in [0.1, 0.15) is 72.1 Å². The lowest BCUT2D eigenvalue weighted by Crippen LogP contribution is -2.41. The second-order valence-corrected chi connectivity index (χ2v) is 6.63. The smallest absolute Gasteiger partial charge is 0.314 e. The Hall–Kier alpha value is -0.250. The molecule has 1 aliphatic rings. The average molecular weight is 307 g/mol. The maximum Gasteiger partial charge on any atom is 0.391 e. The first-order valence-corrected chi connectivity index (χ1v) is 8.72. The minimum Gasteiger partial charge on any atom is -0.314 e. The SMILES string of the molecule is CCCNC(CC(CC)CC)C1CCC(C(F)(F)F)CC1. The molecule has 126 valence electrons. The van der Waals surface area contributed by atoms with Gasteiger partial charge < -0.3 is 5.32 Å². The van der Waals surface area contributed by atoms with Crippen LogP contribution in [0.2, 0.25) is 0 Å². The summed E-state index contributed by atoms with van der Waals surface area (Å²) in [5.74, 6) is 0.0594. The number of alkyl halides is 3. The second-order valence-electron chi connectivity index (χ2n) is 6.63. The third-order valence-corrected chi connectivity index (χ3v) is 5.20. The van der Waals surface area contributed by atoms with Gasteiger partial charge in [-0.1, -0.05) is 33.6 Å². The summed E-state index contributed by atoms with van der Waals surface area (Å²) in [4.78, 5) is 0. The topological polar surface area (TPSA) is 12.0 Å². The van der Waals surface area contributed by atoms with Crippen LogP contribution in [0.5, 0.6) is 0 Å². The van der Waals surface area contributed by atoms with Crippen LogP contribution in [0.15, 0.2) is 0 Å². The molecule has 0 amide bonds. The highest BCUT2D eigenvalue weighted by Crippen LogP contribution is 2.41. The molecule has 0 aromatic rings. The van der Waals surface area contributed by atoms with Crippen molar-refractivity contribution in [1.82, 2.24) is 5.32 Å². The standard InChI is InChI=1S/C17H32F3N/c1-4-11-21-16(12-13(5-2)6-3)14-7-9-15(10-8-14)17(18,19)20/h13-16,21H,4-12H2,1-3H3. The van der Waals surface area contributed by atoms with Gasteiger partial charge in [0, 0.05) is 6.04 Å². The molecular weight excluding hydrogens is 275 g/mol. The zero-order valence-electron chi connectivity index (χ0n) is 13.8. The zero-order chi connectivity index (χ0) is 15.9.